The van der Waals surface area contributed by atoms with Crippen LogP contribution in [0.5, 0.6) is 23.1 Å². The lowest BCUT2D eigenvalue weighted by molar-refractivity contribution is -0.133. The number of nitrogens with zero attached hydrogens (tertiary/aromatic N) is 3. The van der Waals surface area contributed by atoms with Gasteiger partial charge in [-0.3, -0.25) is 14.5 Å². The van der Waals surface area contributed by atoms with Gasteiger partial charge < -0.3 is 18.9 Å². The van der Waals surface area contributed by atoms with Crippen molar-refractivity contribution in [2.75, 3.05) is 46.6 Å². The molecule has 1 aliphatic carbocycles. The Morgan fingerprint density at radius 1 is 0.891 bits per heavy atom. The zero-order chi connectivity index (χ0) is 32.1. The fourth-order valence-electron chi connectivity index (χ4n) is 5.68. The predicted octanol–water partition coefficient (Wildman–Crippen LogP) is 5.51. The molecule has 1 saturated carbocycles. The van der Waals surface area contributed by atoms with Crippen LogP contribution in [0, 0.1) is 17.0 Å². The molecule has 9 nitrogen and oxygen atoms in total. The maximum absolute atomic E-state index is 15.3. The number of benzene rings is 3. The highest BCUT2D eigenvalue weighted by Crippen LogP contribution is 2.49. The Hall–Kier alpha value is -4.48. The van der Waals surface area contributed by atoms with E-state index < -0.39 is 11.2 Å². The van der Waals surface area contributed by atoms with Gasteiger partial charge in [0.25, 0.3) is 0 Å². The first-order chi connectivity index (χ1) is 22.3. The van der Waals surface area contributed by atoms with Gasteiger partial charge >= 0.3 is 0 Å². The average molecular weight is 632 g/mol. The van der Waals surface area contributed by atoms with Gasteiger partial charge in [-0.15, -0.1) is 0 Å². The first kappa shape index (κ1) is 31.5. The summed E-state index contributed by atoms with van der Waals surface area (Å²) in [6, 6.07) is 13.4. The molecule has 2 fully saturated rings. The van der Waals surface area contributed by atoms with Gasteiger partial charge in [0.15, 0.2) is 34.6 Å². The molecule has 240 valence electrons. The molecule has 0 N–H and O–H groups in total. The van der Waals surface area contributed by atoms with E-state index in [0.717, 1.165) is 39.3 Å². The van der Waals surface area contributed by atoms with Gasteiger partial charge in [0.2, 0.25) is 5.88 Å². The molecule has 1 aromatic heterocycles. The number of hydrogen-bond acceptors (Lipinski definition) is 9. The summed E-state index contributed by atoms with van der Waals surface area (Å²) in [5.74, 6) is -0.445. The summed E-state index contributed by atoms with van der Waals surface area (Å²) in [4.78, 5) is 37.1. The van der Waals surface area contributed by atoms with E-state index in [1.807, 2.05) is 0 Å². The minimum Gasteiger partial charge on any atom is -0.493 e. The Kier molecular flexibility index (Phi) is 9.51. The Morgan fingerprint density at radius 2 is 1.61 bits per heavy atom. The van der Waals surface area contributed by atoms with E-state index in [2.05, 4.69) is 14.9 Å². The minimum atomic E-state index is -1.07. The molecular weight excluding hydrogens is 596 g/mol. The van der Waals surface area contributed by atoms with Crippen molar-refractivity contribution in [3.63, 3.8) is 0 Å². The topological polar surface area (TPSA) is 100 Å². The van der Waals surface area contributed by atoms with Gasteiger partial charge in [0.05, 0.1) is 43.2 Å². The number of ether oxygens (including phenoxy) is 4. The number of hydrogen-bond donors (Lipinski definition) is 0. The first-order valence-corrected chi connectivity index (χ1v) is 15.4. The summed E-state index contributed by atoms with van der Waals surface area (Å²) in [7, 11) is 1.55. The molecule has 2 aliphatic rings. The minimum absolute atomic E-state index is 0.0487. The molecular formula is C35H35F2N3O6. The maximum Gasteiger partial charge on any atom is 0.230 e. The summed E-state index contributed by atoms with van der Waals surface area (Å²) in [6.45, 7) is 4.66. The highest BCUT2D eigenvalue weighted by Gasteiger charge is 2.54. The normalized spacial score (nSPS) is 15.8. The Balaban J connectivity index is 1.12. The zero-order valence-corrected chi connectivity index (χ0v) is 25.6. The van der Waals surface area contributed by atoms with Crippen LogP contribution in [0.3, 0.4) is 0 Å². The number of aromatic nitrogens is 2. The molecule has 11 heteroatoms. The molecule has 0 radical (unpaired) electrons. The van der Waals surface area contributed by atoms with Gasteiger partial charge in [-0.05, 0) is 60.7 Å². The van der Waals surface area contributed by atoms with Crippen LogP contribution in [0.1, 0.15) is 30.4 Å². The quantitative estimate of drug-likeness (QED) is 0.132. The number of carbonyl (C=O) groups excluding carboxylic acids is 2. The van der Waals surface area contributed by atoms with Gasteiger partial charge in [-0.2, -0.15) is 0 Å². The second-order valence-electron chi connectivity index (χ2n) is 11.6. The largest absolute Gasteiger partial charge is 0.493 e. The number of carbonyl (C=O) groups is 2. The zero-order valence-electron chi connectivity index (χ0n) is 25.6. The number of ketones is 2. The summed E-state index contributed by atoms with van der Waals surface area (Å²) in [5, 5.41) is 0.514. The van der Waals surface area contributed by atoms with E-state index in [1.165, 1.54) is 30.6 Å². The van der Waals surface area contributed by atoms with Crippen molar-refractivity contribution in [1.82, 2.24) is 14.9 Å². The smallest absolute Gasteiger partial charge is 0.230 e. The van der Waals surface area contributed by atoms with Crippen molar-refractivity contribution < 1.29 is 37.3 Å². The van der Waals surface area contributed by atoms with Crippen molar-refractivity contribution >= 4 is 22.5 Å². The summed E-state index contributed by atoms with van der Waals surface area (Å²) in [6.07, 6.45) is 3.02. The van der Waals surface area contributed by atoms with Crippen molar-refractivity contribution in [2.45, 2.75) is 32.1 Å². The third-order valence-corrected chi connectivity index (χ3v) is 8.53. The van der Waals surface area contributed by atoms with Crippen molar-refractivity contribution in [2.24, 2.45) is 5.41 Å². The Labute approximate surface area is 265 Å². The van der Waals surface area contributed by atoms with E-state index in [9.17, 15) is 14.0 Å². The lowest BCUT2D eigenvalue weighted by atomic mass is 9.88. The fourth-order valence-corrected chi connectivity index (χ4v) is 5.68. The van der Waals surface area contributed by atoms with Crippen molar-refractivity contribution in [1.29, 1.82) is 0 Å². The van der Waals surface area contributed by atoms with Gasteiger partial charge in [-0.1, -0.05) is 18.2 Å². The third-order valence-electron chi connectivity index (χ3n) is 8.53. The van der Waals surface area contributed by atoms with Gasteiger partial charge in [-0.25, -0.2) is 18.7 Å². The van der Waals surface area contributed by atoms with Gasteiger partial charge in [0, 0.05) is 38.5 Å². The highest BCUT2D eigenvalue weighted by atomic mass is 19.1. The van der Waals surface area contributed by atoms with Gasteiger partial charge in [0.1, 0.15) is 12.1 Å². The molecule has 1 saturated heterocycles. The van der Waals surface area contributed by atoms with E-state index in [0.29, 0.717) is 53.0 Å². The van der Waals surface area contributed by atoms with Crippen LogP contribution in [-0.4, -0.2) is 73.0 Å². The lowest BCUT2D eigenvalue weighted by Crippen LogP contribution is -2.37. The molecule has 0 atom stereocenters. The van der Waals surface area contributed by atoms with E-state index in [-0.39, 0.29) is 41.9 Å². The van der Waals surface area contributed by atoms with Crippen LogP contribution < -0.4 is 14.2 Å². The van der Waals surface area contributed by atoms with Crippen molar-refractivity contribution in [3.05, 3.63) is 83.7 Å². The molecule has 3 aromatic carbocycles. The Bertz CT molecular complexity index is 1720. The lowest BCUT2D eigenvalue weighted by Gasteiger charge is -2.26. The van der Waals surface area contributed by atoms with Crippen LogP contribution in [0.4, 0.5) is 8.78 Å². The molecule has 6 rings (SSSR count). The number of morpholine rings is 1. The van der Waals surface area contributed by atoms with Crippen molar-refractivity contribution in [3.8, 4) is 23.1 Å². The van der Waals surface area contributed by atoms with E-state index >= 15 is 4.39 Å². The number of fused-ring (bicyclic) bond motifs is 1. The monoisotopic (exact) mass is 631 g/mol. The summed E-state index contributed by atoms with van der Waals surface area (Å²) < 4.78 is 51.4. The van der Waals surface area contributed by atoms with Crippen LogP contribution in [0.2, 0.25) is 0 Å². The SMILES string of the molecule is COc1cc2ncnc(Oc3ccc(CC(=O)C4(C(=O)Cc5ccc(F)cc5)CC4)cc3F)c2cc1OCCCN1CCOCC1. The molecule has 1 aliphatic heterocycles. The second-order valence-corrected chi connectivity index (χ2v) is 11.6. The van der Waals surface area contributed by atoms with Crippen LogP contribution in [-0.2, 0) is 27.2 Å². The molecule has 0 bridgehead atoms. The van der Waals surface area contributed by atoms with Crippen LogP contribution in [0.15, 0.2) is 60.9 Å². The summed E-state index contributed by atoms with van der Waals surface area (Å²) >= 11 is 0. The Morgan fingerprint density at radius 3 is 2.30 bits per heavy atom. The number of halogens is 2. The van der Waals surface area contributed by atoms with E-state index in [1.54, 1.807) is 37.4 Å². The third kappa shape index (κ3) is 7.16. The predicted molar refractivity (Wildman–Crippen MR) is 165 cm³/mol. The van der Waals surface area contributed by atoms with Crippen LogP contribution >= 0.6 is 0 Å². The molecule has 46 heavy (non-hydrogen) atoms. The van der Waals surface area contributed by atoms with E-state index in [4.69, 9.17) is 18.9 Å². The maximum atomic E-state index is 15.3. The first-order valence-electron chi connectivity index (χ1n) is 15.4. The second kappa shape index (κ2) is 13.9. The molecule has 0 amide bonds. The average Bonchev–Trinajstić information content (AvgIpc) is 3.88. The standard InChI is InChI=1S/C35H35F2N3O6/c1-43-30-21-28-26(20-31(30)45-14-2-11-40-12-15-44-16-13-40)34(39-22-38-28)46-29-8-5-24(17-27(29)37)19-33(42)35(9-10-35)32(41)18-23-3-6-25(36)7-4-23/h3-8,17,20-22H,2,9-16,18-19H2,1H3. The molecule has 0 spiro atoms. The molecule has 4 aromatic rings. The molecule has 2 heterocycles. The number of Topliss-reactive ketones (excluding diaryl/α,β-unsaturated/α-hetero) is 2. The molecule has 0 unspecified atom stereocenters. The fraction of sp³-hybridized carbons (Fsp3) is 0.371. The van der Waals surface area contributed by atoms with Crippen LogP contribution in [0.25, 0.3) is 10.9 Å². The number of rotatable bonds is 14. The summed E-state index contributed by atoms with van der Waals surface area (Å²) in [5.41, 5.74) is 0.547. The highest BCUT2D eigenvalue weighted by molar-refractivity contribution is 6.10. The number of methoxy groups -OCH3 is 1.